The van der Waals surface area contributed by atoms with Gasteiger partial charge in [-0.05, 0) is 41.2 Å². The molecule has 0 bridgehead atoms. The van der Waals surface area contributed by atoms with Crippen LogP contribution in [-0.2, 0) is 4.79 Å². The average Bonchev–Trinajstić information content (AvgIpc) is 2.72. The normalized spacial score (nSPS) is 38.8. The maximum atomic E-state index is 14.2. The highest BCUT2D eigenvalue weighted by atomic mass is 19.1. The lowest BCUT2D eigenvalue weighted by molar-refractivity contribution is -0.138. The number of allylic oxidation sites excluding steroid dienone is 2. The molecule has 0 saturated heterocycles. The highest BCUT2D eigenvalue weighted by Crippen LogP contribution is 2.68. The van der Waals surface area contributed by atoms with Gasteiger partial charge in [-0.1, -0.05) is 57.0 Å². The minimum Gasteiger partial charge on any atom is -0.298 e. The van der Waals surface area contributed by atoms with Gasteiger partial charge in [0.15, 0.2) is 0 Å². The monoisotopic (exact) mass is 298 g/mol. The Hall–Kier alpha value is -1.44. The fourth-order valence-electron chi connectivity index (χ4n) is 5.56. The molecule has 2 saturated carbocycles. The van der Waals surface area contributed by atoms with Gasteiger partial charge in [0.25, 0.3) is 0 Å². The van der Waals surface area contributed by atoms with Crippen LogP contribution >= 0.6 is 0 Å². The van der Waals surface area contributed by atoms with Gasteiger partial charge in [0, 0.05) is 5.92 Å². The Labute approximate surface area is 131 Å². The quantitative estimate of drug-likeness (QED) is 0.675. The highest BCUT2D eigenvalue weighted by molar-refractivity contribution is 5.97. The SMILES string of the molecule is CC1(C)CCC[C@@]2(C)C1=C[C@H]1C(=O)[C@H](c3ccccc3F)[C@H]12. The van der Waals surface area contributed by atoms with Crippen molar-refractivity contribution >= 4 is 5.78 Å². The van der Waals surface area contributed by atoms with Crippen LogP contribution in [0.15, 0.2) is 35.9 Å². The molecule has 4 rings (SSSR count). The minimum atomic E-state index is -0.251. The molecule has 4 atom stereocenters. The molecule has 2 fully saturated rings. The molecule has 22 heavy (non-hydrogen) atoms. The van der Waals surface area contributed by atoms with Crippen molar-refractivity contribution in [2.45, 2.75) is 46.0 Å². The Bertz CT molecular complexity index is 687. The van der Waals surface area contributed by atoms with Gasteiger partial charge in [-0.2, -0.15) is 0 Å². The zero-order chi connectivity index (χ0) is 15.7. The first-order valence-electron chi connectivity index (χ1n) is 8.37. The number of rotatable bonds is 1. The summed E-state index contributed by atoms with van der Waals surface area (Å²) in [5.41, 5.74) is 2.29. The van der Waals surface area contributed by atoms with Crippen LogP contribution in [0, 0.1) is 28.5 Å². The summed E-state index contributed by atoms with van der Waals surface area (Å²) in [4.78, 5) is 12.7. The van der Waals surface area contributed by atoms with E-state index in [4.69, 9.17) is 0 Å². The largest absolute Gasteiger partial charge is 0.298 e. The van der Waals surface area contributed by atoms with Crippen LogP contribution in [0.3, 0.4) is 0 Å². The van der Waals surface area contributed by atoms with Crippen LogP contribution in [0.25, 0.3) is 0 Å². The summed E-state index contributed by atoms with van der Waals surface area (Å²) >= 11 is 0. The van der Waals surface area contributed by atoms with Crippen molar-refractivity contribution in [2.75, 3.05) is 0 Å². The summed E-state index contributed by atoms with van der Waals surface area (Å²) in [5, 5.41) is 0. The Morgan fingerprint density at radius 3 is 2.59 bits per heavy atom. The molecule has 0 radical (unpaired) electrons. The molecule has 1 aromatic carbocycles. The van der Waals surface area contributed by atoms with Crippen molar-refractivity contribution in [1.29, 1.82) is 0 Å². The second-order valence-corrected chi connectivity index (χ2v) is 8.19. The third-order valence-electron chi connectivity index (χ3n) is 6.55. The fourth-order valence-corrected chi connectivity index (χ4v) is 5.56. The van der Waals surface area contributed by atoms with Crippen molar-refractivity contribution in [2.24, 2.45) is 22.7 Å². The third kappa shape index (κ3) is 1.61. The molecule has 0 heterocycles. The van der Waals surface area contributed by atoms with Gasteiger partial charge in [0.05, 0.1) is 5.92 Å². The molecule has 0 amide bonds. The lowest BCUT2D eigenvalue weighted by atomic mass is 9.50. The maximum absolute atomic E-state index is 14.2. The van der Waals surface area contributed by atoms with Gasteiger partial charge >= 0.3 is 0 Å². The Balaban J connectivity index is 1.78. The summed E-state index contributed by atoms with van der Waals surface area (Å²) in [6.07, 6.45) is 5.75. The lowest BCUT2D eigenvalue weighted by Crippen LogP contribution is -2.51. The first-order valence-corrected chi connectivity index (χ1v) is 8.37. The van der Waals surface area contributed by atoms with Crippen LogP contribution in [0.2, 0.25) is 0 Å². The Morgan fingerprint density at radius 2 is 1.86 bits per heavy atom. The Kier molecular flexibility index (Phi) is 2.77. The van der Waals surface area contributed by atoms with E-state index in [1.54, 1.807) is 12.1 Å². The van der Waals surface area contributed by atoms with Gasteiger partial charge in [0.1, 0.15) is 11.6 Å². The van der Waals surface area contributed by atoms with Gasteiger partial charge in [-0.15, -0.1) is 0 Å². The van der Waals surface area contributed by atoms with Crippen molar-refractivity contribution in [3.05, 3.63) is 47.3 Å². The van der Waals surface area contributed by atoms with E-state index in [1.807, 2.05) is 6.07 Å². The molecule has 1 aromatic rings. The van der Waals surface area contributed by atoms with Crippen LogP contribution in [0.5, 0.6) is 0 Å². The van der Waals surface area contributed by atoms with Gasteiger partial charge in [0.2, 0.25) is 0 Å². The first-order chi connectivity index (χ1) is 10.4. The van der Waals surface area contributed by atoms with Crippen LogP contribution in [-0.4, -0.2) is 5.78 Å². The van der Waals surface area contributed by atoms with Crippen molar-refractivity contribution in [1.82, 2.24) is 0 Å². The molecule has 0 aliphatic heterocycles. The zero-order valence-corrected chi connectivity index (χ0v) is 13.5. The number of carbonyl (C=O) groups excluding carboxylic acids is 1. The predicted molar refractivity (Wildman–Crippen MR) is 85.0 cm³/mol. The molecule has 3 aliphatic rings. The standard InChI is InChI=1S/C20H23FO/c1-19(2)9-6-10-20(3)15(19)11-13-17(20)16(18(13)22)12-7-4-5-8-14(12)21/h4-5,7-8,11,13,16-17H,6,9-10H2,1-3H3/t13-,16-,17+,20+/m1/s1. The summed E-state index contributed by atoms with van der Waals surface area (Å²) in [6.45, 7) is 6.90. The number of hydrogen-bond acceptors (Lipinski definition) is 1. The highest BCUT2D eigenvalue weighted by Gasteiger charge is 2.64. The number of fused-ring (bicyclic) bond motifs is 3. The lowest BCUT2D eigenvalue weighted by Gasteiger charge is -2.52. The predicted octanol–water partition coefficient (Wildman–Crippen LogP) is 4.88. The van der Waals surface area contributed by atoms with E-state index < -0.39 is 0 Å². The second-order valence-electron chi connectivity index (χ2n) is 8.19. The van der Waals surface area contributed by atoms with E-state index in [0.717, 1.165) is 6.42 Å². The minimum absolute atomic E-state index is 0.0157. The average molecular weight is 298 g/mol. The maximum Gasteiger partial charge on any atom is 0.147 e. The van der Waals surface area contributed by atoms with Crippen LogP contribution in [0.4, 0.5) is 4.39 Å². The van der Waals surface area contributed by atoms with E-state index in [1.165, 1.54) is 24.5 Å². The summed E-state index contributed by atoms with van der Waals surface area (Å²) in [7, 11) is 0. The molecule has 0 aromatic heterocycles. The zero-order valence-electron chi connectivity index (χ0n) is 13.5. The number of Topliss-reactive ketones (excluding diaryl/α,β-unsaturated/α-hetero) is 1. The molecule has 2 heteroatoms. The van der Waals surface area contributed by atoms with Gasteiger partial charge in [-0.3, -0.25) is 4.79 Å². The van der Waals surface area contributed by atoms with Crippen molar-refractivity contribution in [3.8, 4) is 0 Å². The van der Waals surface area contributed by atoms with Crippen LogP contribution in [0.1, 0.15) is 51.5 Å². The molecule has 0 N–H and O–H groups in total. The number of hydrogen-bond donors (Lipinski definition) is 0. The molecular formula is C20H23FO. The summed E-state index contributed by atoms with van der Waals surface area (Å²) in [5.74, 6) is 0.00718. The number of halogens is 1. The van der Waals surface area contributed by atoms with Gasteiger partial charge in [-0.25, -0.2) is 4.39 Å². The first kappa shape index (κ1) is 14.2. The summed E-state index contributed by atoms with van der Waals surface area (Å²) < 4.78 is 14.2. The number of benzene rings is 1. The molecule has 116 valence electrons. The van der Waals surface area contributed by atoms with E-state index >= 15 is 0 Å². The summed E-state index contributed by atoms with van der Waals surface area (Å²) in [6, 6.07) is 6.81. The smallest absolute Gasteiger partial charge is 0.147 e. The molecule has 0 spiro atoms. The van der Waals surface area contributed by atoms with Crippen molar-refractivity contribution in [3.63, 3.8) is 0 Å². The van der Waals surface area contributed by atoms with Crippen molar-refractivity contribution < 1.29 is 9.18 Å². The molecule has 0 unspecified atom stereocenters. The number of carbonyl (C=O) groups is 1. The molecule has 3 aliphatic carbocycles. The molecule has 1 nitrogen and oxygen atoms in total. The van der Waals surface area contributed by atoms with Crippen LogP contribution < -0.4 is 0 Å². The van der Waals surface area contributed by atoms with Gasteiger partial charge < -0.3 is 0 Å². The van der Waals surface area contributed by atoms with E-state index in [0.29, 0.717) is 5.56 Å². The Morgan fingerprint density at radius 1 is 1.14 bits per heavy atom. The fraction of sp³-hybridized carbons (Fsp3) is 0.550. The third-order valence-corrected chi connectivity index (χ3v) is 6.55. The topological polar surface area (TPSA) is 17.1 Å². The van der Waals surface area contributed by atoms with E-state index in [9.17, 15) is 9.18 Å². The number of ketones is 1. The van der Waals surface area contributed by atoms with E-state index in [-0.39, 0.29) is 40.2 Å². The van der Waals surface area contributed by atoms with E-state index in [2.05, 4.69) is 26.8 Å². The molecular weight excluding hydrogens is 275 g/mol. The second kappa shape index (κ2) is 4.31.